The maximum absolute atomic E-state index is 10.8. The highest BCUT2D eigenvalue weighted by Crippen LogP contribution is 1.86. The van der Waals surface area contributed by atoms with Crippen molar-refractivity contribution in [2.45, 2.75) is 0 Å². The molecule has 1 heterocycles. The van der Waals surface area contributed by atoms with Gasteiger partial charge in [0.15, 0.2) is 0 Å². The number of nitrogens with one attached hydrogen (secondary N) is 1. The highest BCUT2D eigenvalue weighted by Gasteiger charge is 2.15. The smallest absolute Gasteiger partial charge is 0.423 e. The second-order valence-electron chi connectivity index (χ2n) is 2.16. The molecule has 1 aromatic rings. The summed E-state index contributed by atoms with van der Waals surface area (Å²) < 4.78 is 0. The Kier molecular flexibility index (Phi) is 2.28. The van der Waals surface area contributed by atoms with Gasteiger partial charge in [0.2, 0.25) is 5.56 Å². The molecule has 0 saturated carbocycles. The van der Waals surface area contributed by atoms with Crippen LogP contribution in [0.25, 0.3) is 0 Å². The maximum atomic E-state index is 10.8. The van der Waals surface area contributed by atoms with Crippen LogP contribution in [-0.2, 0) is 0 Å². The van der Waals surface area contributed by atoms with E-state index in [2.05, 4.69) is 4.98 Å². The van der Waals surface area contributed by atoms with E-state index in [1.807, 2.05) is 0 Å². The number of aromatic nitrogens is 1. The van der Waals surface area contributed by atoms with Crippen molar-refractivity contribution in [3.05, 3.63) is 28.2 Å². The summed E-state index contributed by atoms with van der Waals surface area (Å²) in [6.07, 6.45) is 1.20. The van der Waals surface area contributed by atoms with Crippen LogP contribution >= 0.6 is 0 Å². The molecule has 0 aliphatic heterocycles. The van der Waals surface area contributed by atoms with E-state index in [4.69, 9.17) is 15.3 Å². The molecule has 12 heavy (non-hydrogen) atoms. The maximum Gasteiger partial charge on any atom is 0.494 e. The number of nitrogens with zero attached hydrogens (tertiary/aromatic N) is 1. The molecule has 0 aliphatic carbocycles. The van der Waals surface area contributed by atoms with Gasteiger partial charge in [-0.3, -0.25) is 4.79 Å². The topological polar surface area (TPSA) is 97.1 Å². The molecule has 0 aliphatic rings. The molecular weight excluding hydrogens is 159 g/mol. The summed E-state index contributed by atoms with van der Waals surface area (Å²) in [6.45, 7) is 0. The zero-order valence-electron chi connectivity index (χ0n) is 5.98. The summed E-state index contributed by atoms with van der Waals surface area (Å²) >= 11 is 0. The summed E-state index contributed by atoms with van der Waals surface area (Å²) in [5, 5.41) is 25.7. The first-order valence-corrected chi connectivity index (χ1v) is 3.14. The summed E-state index contributed by atoms with van der Waals surface area (Å²) in [5.41, 5.74) is -0.657. The second kappa shape index (κ2) is 3.22. The van der Waals surface area contributed by atoms with E-state index in [-0.39, 0.29) is 11.0 Å². The van der Waals surface area contributed by atoms with Gasteiger partial charge >= 0.3 is 7.12 Å². The highest BCUT2D eigenvalue weighted by molar-refractivity contribution is 6.58. The lowest BCUT2D eigenvalue weighted by molar-refractivity contribution is 0.425. The third kappa shape index (κ3) is 1.53. The molecule has 0 unspecified atom stereocenters. The zero-order valence-corrected chi connectivity index (χ0v) is 5.98. The Balaban J connectivity index is 3.29. The fourth-order valence-corrected chi connectivity index (χ4v) is 0.758. The van der Waals surface area contributed by atoms with Crippen LogP contribution in [0.3, 0.4) is 0 Å². The Morgan fingerprint density at radius 2 is 2.25 bits per heavy atom. The second-order valence-corrected chi connectivity index (χ2v) is 2.16. The van der Waals surface area contributed by atoms with Crippen LogP contribution in [-0.4, -0.2) is 22.2 Å². The average Bonchev–Trinajstić information content (AvgIpc) is 2.05. The average molecular weight is 164 g/mol. The van der Waals surface area contributed by atoms with Gasteiger partial charge in [0.05, 0.1) is 5.56 Å². The van der Waals surface area contributed by atoms with Crippen LogP contribution < -0.4 is 11.0 Å². The largest absolute Gasteiger partial charge is 0.494 e. The number of pyridine rings is 1. The van der Waals surface area contributed by atoms with Crippen molar-refractivity contribution in [3.8, 4) is 6.07 Å². The first-order valence-electron chi connectivity index (χ1n) is 3.14. The monoisotopic (exact) mass is 164 g/mol. The van der Waals surface area contributed by atoms with Gasteiger partial charge in [-0.2, -0.15) is 5.26 Å². The number of rotatable bonds is 1. The van der Waals surface area contributed by atoms with E-state index in [1.165, 1.54) is 6.20 Å². The predicted octanol–water partition coefficient (Wildman–Crippen LogP) is -2.07. The molecule has 0 amide bonds. The molecule has 0 saturated heterocycles. The first-order chi connectivity index (χ1) is 5.65. The van der Waals surface area contributed by atoms with Crippen molar-refractivity contribution >= 4 is 12.6 Å². The SMILES string of the molecule is N#Cc1c[nH]c(=O)c(B(O)O)c1. The molecule has 1 rings (SSSR count). The molecule has 0 bridgehead atoms. The molecule has 0 spiro atoms. The zero-order chi connectivity index (χ0) is 9.14. The lowest BCUT2D eigenvalue weighted by atomic mass is 9.81. The summed E-state index contributed by atoms with van der Waals surface area (Å²) in [5.74, 6) is 0. The molecule has 0 atom stereocenters. The van der Waals surface area contributed by atoms with Crippen LogP contribution in [0.15, 0.2) is 17.1 Å². The Hall–Kier alpha value is -1.58. The van der Waals surface area contributed by atoms with Gasteiger partial charge in [-0.1, -0.05) is 0 Å². The van der Waals surface area contributed by atoms with Crippen molar-refractivity contribution < 1.29 is 10.0 Å². The van der Waals surface area contributed by atoms with Crippen LogP contribution in [0.1, 0.15) is 5.56 Å². The molecule has 0 aromatic carbocycles. The molecule has 1 aromatic heterocycles. The minimum absolute atomic E-state index is 0.178. The van der Waals surface area contributed by atoms with Gasteiger partial charge in [0.25, 0.3) is 0 Å². The molecular formula is C6H5BN2O3. The van der Waals surface area contributed by atoms with Crippen molar-refractivity contribution in [1.29, 1.82) is 5.26 Å². The van der Waals surface area contributed by atoms with E-state index in [9.17, 15) is 4.79 Å². The van der Waals surface area contributed by atoms with Crippen LogP contribution in [0.4, 0.5) is 0 Å². The lowest BCUT2D eigenvalue weighted by Gasteiger charge is -1.96. The summed E-state index contributed by atoms with van der Waals surface area (Å²) in [6, 6.07) is 2.89. The van der Waals surface area contributed by atoms with Crippen molar-refractivity contribution in [1.82, 2.24) is 4.98 Å². The van der Waals surface area contributed by atoms with Crippen molar-refractivity contribution in [2.24, 2.45) is 0 Å². The molecule has 0 radical (unpaired) electrons. The van der Waals surface area contributed by atoms with Gasteiger partial charge in [-0.15, -0.1) is 0 Å². The number of nitriles is 1. The Morgan fingerprint density at radius 1 is 1.58 bits per heavy atom. The van der Waals surface area contributed by atoms with E-state index >= 15 is 0 Å². The van der Waals surface area contributed by atoms with E-state index in [1.54, 1.807) is 6.07 Å². The molecule has 6 heteroatoms. The van der Waals surface area contributed by atoms with E-state index < -0.39 is 12.7 Å². The highest BCUT2D eigenvalue weighted by atomic mass is 16.4. The van der Waals surface area contributed by atoms with E-state index in [0.29, 0.717) is 0 Å². The van der Waals surface area contributed by atoms with Gasteiger partial charge in [-0.05, 0) is 6.07 Å². The van der Waals surface area contributed by atoms with E-state index in [0.717, 1.165) is 6.07 Å². The standard InChI is InChI=1S/C6H5BN2O3/c8-2-4-1-5(7(11)12)6(10)9-3-4/h1,3,11-12H,(H,9,10). The lowest BCUT2D eigenvalue weighted by Crippen LogP contribution is -2.42. The molecule has 0 fully saturated rings. The first kappa shape index (κ1) is 8.52. The quantitative estimate of drug-likeness (QED) is 0.415. The molecule has 60 valence electrons. The summed E-state index contributed by atoms with van der Waals surface area (Å²) in [4.78, 5) is 13.0. The normalized spacial score (nSPS) is 9.08. The van der Waals surface area contributed by atoms with Crippen LogP contribution in [0, 0.1) is 11.3 Å². The fourth-order valence-electron chi connectivity index (χ4n) is 0.758. The van der Waals surface area contributed by atoms with Crippen LogP contribution in [0.2, 0.25) is 0 Å². The van der Waals surface area contributed by atoms with Gasteiger partial charge in [-0.25, -0.2) is 0 Å². The third-order valence-electron chi connectivity index (χ3n) is 1.34. The van der Waals surface area contributed by atoms with Crippen molar-refractivity contribution in [2.75, 3.05) is 0 Å². The Bertz CT molecular complexity index is 379. The predicted molar refractivity (Wildman–Crippen MR) is 41.6 cm³/mol. The van der Waals surface area contributed by atoms with Crippen molar-refractivity contribution in [3.63, 3.8) is 0 Å². The van der Waals surface area contributed by atoms with Gasteiger partial charge in [0, 0.05) is 11.7 Å². The minimum atomic E-state index is -1.85. The van der Waals surface area contributed by atoms with Crippen LogP contribution in [0.5, 0.6) is 0 Å². The summed E-state index contributed by atoms with van der Waals surface area (Å²) in [7, 11) is -1.85. The third-order valence-corrected chi connectivity index (χ3v) is 1.34. The number of hydrogen-bond acceptors (Lipinski definition) is 4. The number of H-pyrrole nitrogens is 1. The number of hydrogen-bond donors (Lipinski definition) is 3. The molecule has 3 N–H and O–H groups in total. The minimum Gasteiger partial charge on any atom is -0.423 e. The Labute approximate surface area is 68.1 Å². The molecule has 5 nitrogen and oxygen atoms in total. The number of aromatic amines is 1. The van der Waals surface area contributed by atoms with Gasteiger partial charge in [0.1, 0.15) is 6.07 Å². The Morgan fingerprint density at radius 3 is 2.75 bits per heavy atom. The fraction of sp³-hybridized carbons (Fsp3) is 0. The van der Waals surface area contributed by atoms with Gasteiger partial charge < -0.3 is 15.0 Å².